The van der Waals surface area contributed by atoms with Gasteiger partial charge in [0.05, 0.1) is 12.6 Å². The van der Waals surface area contributed by atoms with Gasteiger partial charge in [-0.15, -0.1) is 0 Å². The molecule has 0 aromatic rings. The van der Waals surface area contributed by atoms with Crippen LogP contribution >= 0.6 is 0 Å². The molecule has 1 fully saturated rings. The molecule has 1 aliphatic rings. The fourth-order valence-electron chi connectivity index (χ4n) is 1.07. The molecule has 0 spiro atoms. The van der Waals surface area contributed by atoms with Gasteiger partial charge in [0.25, 0.3) is 0 Å². The summed E-state index contributed by atoms with van der Waals surface area (Å²) in [7, 11) is 0. The number of rotatable bonds is 0. The number of hydrogen-bond donors (Lipinski definition) is 2. The quantitative estimate of drug-likeness (QED) is 0.531. The molecule has 1 amide bonds. The number of likely N-dealkylation sites (tertiary alicyclic amines) is 1. The number of carboxylic acid groups (broad SMARTS) is 1. The van der Waals surface area contributed by atoms with Crippen LogP contribution < -0.4 is 0 Å². The number of amides is 1. The summed E-state index contributed by atoms with van der Waals surface area (Å²) in [5.74, 6) is 0. The van der Waals surface area contributed by atoms with Crippen LogP contribution in [-0.4, -0.2) is 46.6 Å². The Bertz CT molecular complexity index is 164. The summed E-state index contributed by atoms with van der Waals surface area (Å²) < 4.78 is 12.6. The van der Waals surface area contributed by atoms with E-state index in [1.807, 2.05) is 0 Å². The van der Waals surface area contributed by atoms with E-state index in [0.29, 0.717) is 0 Å². The van der Waals surface area contributed by atoms with Crippen molar-refractivity contribution in [3.05, 3.63) is 0 Å². The highest BCUT2D eigenvalue weighted by atomic mass is 19.1. The normalized spacial score (nSPS) is 32.0. The van der Waals surface area contributed by atoms with Crippen LogP contribution in [0.15, 0.2) is 0 Å². The molecule has 5 heteroatoms. The summed E-state index contributed by atoms with van der Waals surface area (Å²) >= 11 is 0. The highest BCUT2D eigenvalue weighted by molar-refractivity contribution is 5.65. The summed E-state index contributed by atoms with van der Waals surface area (Å²) in [4.78, 5) is 11.3. The zero-order valence-corrected chi connectivity index (χ0v) is 5.90. The zero-order chi connectivity index (χ0) is 8.43. The third-order valence-electron chi connectivity index (χ3n) is 1.78. The maximum Gasteiger partial charge on any atom is 0.407 e. The molecule has 1 saturated heterocycles. The topological polar surface area (TPSA) is 60.8 Å². The lowest BCUT2D eigenvalue weighted by Gasteiger charge is -2.29. The second kappa shape index (κ2) is 3.04. The van der Waals surface area contributed by atoms with Crippen molar-refractivity contribution in [1.82, 2.24) is 4.90 Å². The van der Waals surface area contributed by atoms with Gasteiger partial charge in [0, 0.05) is 6.54 Å². The molecule has 4 nitrogen and oxygen atoms in total. The van der Waals surface area contributed by atoms with Crippen LogP contribution in [0.5, 0.6) is 0 Å². The number of nitrogens with zero attached hydrogens (tertiary/aromatic N) is 1. The van der Waals surface area contributed by atoms with Crippen molar-refractivity contribution in [1.29, 1.82) is 0 Å². The number of aliphatic hydroxyl groups is 1. The summed E-state index contributed by atoms with van der Waals surface area (Å²) in [5.41, 5.74) is 0. The van der Waals surface area contributed by atoms with E-state index in [1.165, 1.54) is 0 Å². The van der Waals surface area contributed by atoms with Gasteiger partial charge in [-0.05, 0) is 6.42 Å². The summed E-state index contributed by atoms with van der Waals surface area (Å²) in [6, 6.07) is 0. The highest BCUT2D eigenvalue weighted by Crippen LogP contribution is 2.13. The van der Waals surface area contributed by atoms with Gasteiger partial charge in [0.15, 0.2) is 0 Å². The van der Waals surface area contributed by atoms with E-state index in [9.17, 15) is 9.18 Å². The van der Waals surface area contributed by atoms with Gasteiger partial charge >= 0.3 is 6.09 Å². The first-order chi connectivity index (χ1) is 5.11. The average molecular weight is 163 g/mol. The van der Waals surface area contributed by atoms with Crippen molar-refractivity contribution in [3.63, 3.8) is 0 Å². The Labute approximate surface area is 63.2 Å². The van der Waals surface area contributed by atoms with Crippen molar-refractivity contribution < 1.29 is 19.4 Å². The van der Waals surface area contributed by atoms with E-state index in [0.717, 1.165) is 4.90 Å². The number of alkyl halides is 1. The van der Waals surface area contributed by atoms with E-state index in [2.05, 4.69) is 0 Å². The molecule has 0 aromatic heterocycles. The van der Waals surface area contributed by atoms with Gasteiger partial charge in [-0.1, -0.05) is 0 Å². The zero-order valence-electron chi connectivity index (χ0n) is 5.90. The summed E-state index contributed by atoms with van der Waals surface area (Å²) in [6.45, 7) is 0.00736. The molecule has 2 atom stereocenters. The van der Waals surface area contributed by atoms with Gasteiger partial charge in [-0.2, -0.15) is 0 Å². The van der Waals surface area contributed by atoms with E-state index in [4.69, 9.17) is 10.2 Å². The second-order valence-electron chi connectivity index (χ2n) is 2.60. The number of aliphatic hydroxyl groups excluding tert-OH is 1. The Balaban J connectivity index is 2.46. The number of carbonyl (C=O) groups is 1. The molecule has 1 unspecified atom stereocenters. The largest absolute Gasteiger partial charge is 0.465 e. The second-order valence-corrected chi connectivity index (χ2v) is 2.60. The van der Waals surface area contributed by atoms with Gasteiger partial charge in [0.2, 0.25) is 0 Å². The van der Waals surface area contributed by atoms with Gasteiger partial charge in [-0.25, -0.2) is 9.18 Å². The summed E-state index contributed by atoms with van der Waals surface area (Å²) in [6.07, 6.45) is -3.36. The summed E-state index contributed by atoms with van der Waals surface area (Å²) in [5, 5.41) is 17.3. The average Bonchev–Trinajstić information content (AvgIpc) is 1.94. The van der Waals surface area contributed by atoms with Crippen LogP contribution in [0, 0.1) is 0 Å². The highest BCUT2D eigenvalue weighted by Gasteiger charge is 2.29. The van der Waals surface area contributed by atoms with Crippen LogP contribution in [0.1, 0.15) is 6.42 Å². The first-order valence-corrected chi connectivity index (χ1v) is 3.41. The van der Waals surface area contributed by atoms with Crippen molar-refractivity contribution in [2.24, 2.45) is 0 Å². The minimum absolute atomic E-state index is 0.188. The molecule has 0 aromatic carbocycles. The Morgan fingerprint density at radius 2 is 2.27 bits per heavy atom. The molecule has 11 heavy (non-hydrogen) atoms. The van der Waals surface area contributed by atoms with Crippen molar-refractivity contribution in [2.75, 3.05) is 13.1 Å². The van der Waals surface area contributed by atoms with Crippen LogP contribution in [0.3, 0.4) is 0 Å². The molecular weight excluding hydrogens is 153 g/mol. The molecule has 0 radical (unpaired) electrons. The monoisotopic (exact) mass is 163 g/mol. The predicted molar refractivity (Wildman–Crippen MR) is 35.1 cm³/mol. The Morgan fingerprint density at radius 1 is 1.64 bits per heavy atom. The van der Waals surface area contributed by atoms with Crippen molar-refractivity contribution in [3.8, 4) is 0 Å². The minimum Gasteiger partial charge on any atom is -0.465 e. The SMILES string of the molecule is O=C(O)N1CCC(O)[C@@H](F)C1. The fourth-order valence-corrected chi connectivity index (χ4v) is 1.07. The molecule has 0 aliphatic carbocycles. The number of hydrogen-bond acceptors (Lipinski definition) is 2. The van der Waals surface area contributed by atoms with Crippen LogP contribution in [0.2, 0.25) is 0 Å². The van der Waals surface area contributed by atoms with Crippen molar-refractivity contribution in [2.45, 2.75) is 18.7 Å². The van der Waals surface area contributed by atoms with E-state index < -0.39 is 18.4 Å². The molecule has 0 bridgehead atoms. The maximum absolute atomic E-state index is 12.6. The van der Waals surface area contributed by atoms with E-state index in [1.54, 1.807) is 0 Å². The standard InChI is InChI=1S/C6H10FNO3/c7-4-3-8(6(10)11)2-1-5(4)9/h4-5,9H,1-3H2,(H,10,11)/t4-,5?/m0/s1. The van der Waals surface area contributed by atoms with Crippen LogP contribution in [-0.2, 0) is 0 Å². The molecule has 0 saturated carbocycles. The molecule has 2 N–H and O–H groups in total. The molecule has 1 heterocycles. The molecule has 64 valence electrons. The first kappa shape index (κ1) is 8.26. The fraction of sp³-hybridized carbons (Fsp3) is 0.833. The molecule has 1 rings (SSSR count). The lowest BCUT2D eigenvalue weighted by molar-refractivity contribution is 0.0106. The Hall–Kier alpha value is -0.840. The predicted octanol–water partition coefficient (Wildman–Crippen LogP) is 0.0691. The molecular formula is C6H10FNO3. The maximum atomic E-state index is 12.6. The lowest BCUT2D eigenvalue weighted by Crippen LogP contribution is -2.46. The minimum atomic E-state index is -1.43. The lowest BCUT2D eigenvalue weighted by atomic mass is 10.1. The Morgan fingerprint density at radius 3 is 2.73 bits per heavy atom. The number of halogens is 1. The third kappa shape index (κ3) is 1.80. The number of piperidine rings is 1. The van der Waals surface area contributed by atoms with Crippen LogP contribution in [0.25, 0.3) is 0 Å². The molecule has 1 aliphatic heterocycles. The van der Waals surface area contributed by atoms with Gasteiger partial charge in [-0.3, -0.25) is 0 Å². The van der Waals surface area contributed by atoms with Gasteiger partial charge in [0.1, 0.15) is 6.17 Å². The van der Waals surface area contributed by atoms with E-state index >= 15 is 0 Å². The Kier molecular flexibility index (Phi) is 2.28. The van der Waals surface area contributed by atoms with E-state index in [-0.39, 0.29) is 19.5 Å². The van der Waals surface area contributed by atoms with Crippen LogP contribution in [0.4, 0.5) is 9.18 Å². The first-order valence-electron chi connectivity index (χ1n) is 3.41. The van der Waals surface area contributed by atoms with Crippen molar-refractivity contribution >= 4 is 6.09 Å². The smallest absolute Gasteiger partial charge is 0.407 e. The van der Waals surface area contributed by atoms with Gasteiger partial charge < -0.3 is 15.1 Å². The third-order valence-corrected chi connectivity index (χ3v) is 1.78.